The highest BCUT2D eigenvalue weighted by molar-refractivity contribution is 7.89. The number of rotatable bonds is 6. The Labute approximate surface area is 176 Å². The van der Waals surface area contributed by atoms with Gasteiger partial charge in [-0.25, -0.2) is 8.42 Å². The predicted molar refractivity (Wildman–Crippen MR) is 103 cm³/mol. The highest BCUT2D eigenvalue weighted by Crippen LogP contribution is 2.26. The van der Waals surface area contributed by atoms with Gasteiger partial charge in [0.25, 0.3) is 0 Å². The Morgan fingerprint density at radius 3 is 2.40 bits per heavy atom. The van der Waals surface area contributed by atoms with Crippen LogP contribution in [0.2, 0.25) is 5.02 Å². The van der Waals surface area contributed by atoms with E-state index in [0.29, 0.717) is 29.1 Å². The SMILES string of the molecule is O=S(=O)(c1ccc(OC(F)(F)F)cc1)N1CCC(=NOCc2cnccc2Cl)CC1. The Kier molecular flexibility index (Phi) is 6.84. The zero-order valence-electron chi connectivity index (χ0n) is 15.5. The van der Waals surface area contributed by atoms with Crippen LogP contribution in [0.4, 0.5) is 13.2 Å². The Morgan fingerprint density at radius 1 is 1.13 bits per heavy atom. The molecule has 0 N–H and O–H groups in total. The number of ether oxygens (including phenoxy) is 1. The van der Waals surface area contributed by atoms with E-state index in [0.717, 1.165) is 24.3 Å². The van der Waals surface area contributed by atoms with E-state index in [2.05, 4.69) is 14.9 Å². The molecule has 12 heteroatoms. The van der Waals surface area contributed by atoms with Crippen molar-refractivity contribution in [3.63, 3.8) is 0 Å². The average molecular weight is 464 g/mol. The Morgan fingerprint density at radius 2 is 1.80 bits per heavy atom. The minimum absolute atomic E-state index is 0.111. The lowest BCUT2D eigenvalue weighted by Gasteiger charge is -2.26. The number of halogens is 4. The Bertz CT molecular complexity index is 1000. The summed E-state index contributed by atoms with van der Waals surface area (Å²) in [6.45, 7) is 0.502. The Balaban J connectivity index is 1.56. The van der Waals surface area contributed by atoms with Crippen molar-refractivity contribution >= 4 is 27.3 Å². The first-order valence-corrected chi connectivity index (χ1v) is 10.6. The van der Waals surface area contributed by atoms with E-state index in [1.807, 2.05) is 0 Å². The molecule has 1 aromatic carbocycles. The molecule has 0 amide bonds. The van der Waals surface area contributed by atoms with Gasteiger partial charge < -0.3 is 9.57 Å². The van der Waals surface area contributed by atoms with E-state index in [9.17, 15) is 21.6 Å². The molecule has 1 saturated heterocycles. The van der Waals surface area contributed by atoms with Crippen LogP contribution < -0.4 is 4.74 Å². The highest BCUT2D eigenvalue weighted by atomic mass is 35.5. The molecule has 0 radical (unpaired) electrons. The lowest BCUT2D eigenvalue weighted by molar-refractivity contribution is -0.274. The maximum Gasteiger partial charge on any atom is 0.573 e. The molecule has 0 bridgehead atoms. The van der Waals surface area contributed by atoms with Crippen LogP contribution in [0.3, 0.4) is 0 Å². The molecule has 0 atom stereocenters. The van der Waals surface area contributed by atoms with Crippen LogP contribution in [0.25, 0.3) is 0 Å². The number of pyridine rings is 1. The monoisotopic (exact) mass is 463 g/mol. The smallest absolute Gasteiger partial charge is 0.406 e. The summed E-state index contributed by atoms with van der Waals surface area (Å²) in [4.78, 5) is 9.13. The highest BCUT2D eigenvalue weighted by Gasteiger charge is 2.32. The molecule has 1 aliphatic heterocycles. The van der Waals surface area contributed by atoms with Gasteiger partial charge in [-0.3, -0.25) is 4.98 Å². The summed E-state index contributed by atoms with van der Waals surface area (Å²) in [5.41, 5.74) is 1.39. The molecule has 0 spiro atoms. The molecule has 1 fully saturated rings. The number of alkyl halides is 3. The van der Waals surface area contributed by atoms with Crippen LogP contribution in [0.5, 0.6) is 5.75 Å². The fourth-order valence-corrected chi connectivity index (χ4v) is 4.35. The third-order valence-corrected chi connectivity index (χ3v) is 6.53. The molecule has 162 valence electrons. The van der Waals surface area contributed by atoms with Gasteiger partial charge in [0.05, 0.1) is 15.6 Å². The van der Waals surface area contributed by atoms with Crippen molar-refractivity contribution in [3.05, 3.63) is 53.3 Å². The molecule has 0 unspecified atom stereocenters. The lowest BCUT2D eigenvalue weighted by atomic mass is 10.1. The molecule has 30 heavy (non-hydrogen) atoms. The first kappa shape index (κ1) is 22.3. The van der Waals surface area contributed by atoms with Crippen LogP contribution in [-0.4, -0.2) is 42.9 Å². The molecule has 2 heterocycles. The van der Waals surface area contributed by atoms with Crippen molar-refractivity contribution in [3.8, 4) is 5.75 Å². The van der Waals surface area contributed by atoms with E-state index in [1.165, 1.54) is 4.31 Å². The van der Waals surface area contributed by atoms with Crippen molar-refractivity contribution in [2.24, 2.45) is 5.16 Å². The van der Waals surface area contributed by atoms with Gasteiger partial charge in [0.1, 0.15) is 12.4 Å². The zero-order chi connectivity index (χ0) is 21.8. The number of sulfonamides is 1. The van der Waals surface area contributed by atoms with Crippen molar-refractivity contribution < 1.29 is 31.2 Å². The van der Waals surface area contributed by atoms with Gasteiger partial charge >= 0.3 is 6.36 Å². The van der Waals surface area contributed by atoms with Crippen LogP contribution in [0.15, 0.2) is 52.8 Å². The number of nitrogens with zero attached hydrogens (tertiary/aromatic N) is 3. The summed E-state index contributed by atoms with van der Waals surface area (Å²) in [7, 11) is -3.84. The van der Waals surface area contributed by atoms with Gasteiger partial charge in [-0.1, -0.05) is 16.8 Å². The largest absolute Gasteiger partial charge is 0.573 e. The summed E-state index contributed by atoms with van der Waals surface area (Å²) < 4.78 is 67.1. The van der Waals surface area contributed by atoms with Crippen LogP contribution in [0, 0.1) is 0 Å². The molecule has 0 aliphatic carbocycles. The molecule has 3 rings (SSSR count). The van der Waals surface area contributed by atoms with Crippen molar-refractivity contribution in [1.82, 2.24) is 9.29 Å². The van der Waals surface area contributed by atoms with E-state index in [4.69, 9.17) is 16.4 Å². The molecular formula is C18H17ClF3N3O4S. The van der Waals surface area contributed by atoms with E-state index in [1.54, 1.807) is 18.5 Å². The summed E-state index contributed by atoms with van der Waals surface area (Å²) in [5, 5.41) is 4.55. The lowest BCUT2D eigenvalue weighted by Crippen LogP contribution is -2.38. The normalized spacial score (nSPS) is 15.7. The van der Waals surface area contributed by atoms with E-state index >= 15 is 0 Å². The van der Waals surface area contributed by atoms with Gasteiger partial charge in [-0.2, -0.15) is 4.31 Å². The van der Waals surface area contributed by atoms with Gasteiger partial charge in [-0.15, -0.1) is 13.2 Å². The number of benzene rings is 1. The Hall–Kier alpha value is -2.37. The minimum Gasteiger partial charge on any atom is -0.406 e. The molecular weight excluding hydrogens is 447 g/mol. The maximum atomic E-state index is 12.7. The van der Waals surface area contributed by atoms with Crippen LogP contribution in [0.1, 0.15) is 18.4 Å². The molecule has 1 aliphatic rings. The molecule has 1 aromatic heterocycles. The molecule has 0 saturated carbocycles. The second-order valence-electron chi connectivity index (χ2n) is 6.32. The summed E-state index contributed by atoms with van der Waals surface area (Å²) in [6, 6.07) is 5.74. The summed E-state index contributed by atoms with van der Waals surface area (Å²) >= 11 is 6.01. The average Bonchev–Trinajstić information content (AvgIpc) is 2.69. The zero-order valence-corrected chi connectivity index (χ0v) is 17.0. The standard InChI is InChI=1S/C18H17ClF3N3O4S/c19-17-5-8-23-11-13(17)12-28-24-14-6-9-25(10-7-14)30(26,27)16-3-1-15(2-4-16)29-18(20,21)22/h1-5,8,11H,6-7,9-10,12H2. The number of hydrogen-bond acceptors (Lipinski definition) is 6. The fraction of sp³-hybridized carbons (Fsp3) is 0.333. The maximum absolute atomic E-state index is 12.7. The number of aromatic nitrogens is 1. The van der Waals surface area contributed by atoms with Crippen molar-refractivity contribution in [2.45, 2.75) is 30.7 Å². The number of piperidine rings is 1. The predicted octanol–water partition coefficient (Wildman–Crippen LogP) is 3.99. The molecule has 7 nitrogen and oxygen atoms in total. The fourth-order valence-electron chi connectivity index (χ4n) is 2.75. The van der Waals surface area contributed by atoms with Crippen molar-refractivity contribution in [1.29, 1.82) is 0 Å². The van der Waals surface area contributed by atoms with E-state index in [-0.39, 0.29) is 24.6 Å². The topological polar surface area (TPSA) is 81.1 Å². The van der Waals surface area contributed by atoms with Gasteiger partial charge in [0.15, 0.2) is 0 Å². The first-order chi connectivity index (χ1) is 14.1. The summed E-state index contributed by atoms with van der Waals surface area (Å²) in [6.07, 6.45) is -0.967. The van der Waals surface area contributed by atoms with Crippen LogP contribution in [-0.2, 0) is 21.5 Å². The molecule has 2 aromatic rings. The minimum atomic E-state index is -4.84. The third kappa shape index (κ3) is 5.83. The van der Waals surface area contributed by atoms with Gasteiger partial charge in [0.2, 0.25) is 10.0 Å². The second kappa shape index (κ2) is 9.19. The van der Waals surface area contributed by atoms with Gasteiger partial charge in [-0.05, 0) is 30.3 Å². The van der Waals surface area contributed by atoms with E-state index < -0.39 is 22.1 Å². The number of oxime groups is 1. The third-order valence-electron chi connectivity index (χ3n) is 4.25. The van der Waals surface area contributed by atoms with Crippen LogP contribution >= 0.6 is 11.6 Å². The first-order valence-electron chi connectivity index (χ1n) is 8.77. The van der Waals surface area contributed by atoms with Gasteiger partial charge in [0, 0.05) is 43.9 Å². The summed E-state index contributed by atoms with van der Waals surface area (Å²) in [5.74, 6) is -0.486. The quantitative estimate of drug-likeness (QED) is 0.605. The second-order valence-corrected chi connectivity index (χ2v) is 8.67. The van der Waals surface area contributed by atoms with Crippen molar-refractivity contribution in [2.75, 3.05) is 13.1 Å². The number of hydrogen-bond donors (Lipinski definition) is 0.